The highest BCUT2D eigenvalue weighted by Crippen LogP contribution is 2.16. The molecule has 1 aromatic carbocycles. The smallest absolute Gasteiger partial charge is 0.121 e. The number of rotatable bonds is 7. The van der Waals surface area contributed by atoms with Crippen LogP contribution in [0.15, 0.2) is 24.3 Å². The molecule has 1 saturated heterocycles. The molecule has 2 rings (SSSR count). The van der Waals surface area contributed by atoms with E-state index >= 15 is 0 Å². The molecule has 21 heavy (non-hydrogen) atoms. The van der Waals surface area contributed by atoms with Crippen LogP contribution in [0.2, 0.25) is 0 Å². The van der Waals surface area contributed by atoms with Crippen LogP contribution in [-0.2, 0) is 4.74 Å². The van der Waals surface area contributed by atoms with Gasteiger partial charge in [0.1, 0.15) is 18.5 Å². The third-order valence-electron chi connectivity index (χ3n) is 3.73. The molecule has 0 aliphatic carbocycles. The van der Waals surface area contributed by atoms with Crippen molar-refractivity contribution in [3.05, 3.63) is 24.3 Å². The fourth-order valence-electron chi connectivity index (χ4n) is 2.65. The number of aliphatic hydroxyl groups is 1. The Morgan fingerprint density at radius 2 is 2.19 bits per heavy atom. The Kier molecular flexibility index (Phi) is 6.29. The zero-order valence-electron chi connectivity index (χ0n) is 12.7. The van der Waals surface area contributed by atoms with Crippen molar-refractivity contribution in [3.8, 4) is 5.75 Å². The SMILES string of the molecule is CN(CC(O)COc1cccc(N)c1)CC1CCOCC1. The van der Waals surface area contributed by atoms with E-state index in [0.29, 0.717) is 23.9 Å². The van der Waals surface area contributed by atoms with E-state index in [4.69, 9.17) is 15.2 Å². The molecule has 3 N–H and O–H groups in total. The van der Waals surface area contributed by atoms with Crippen LogP contribution in [0.25, 0.3) is 0 Å². The monoisotopic (exact) mass is 294 g/mol. The van der Waals surface area contributed by atoms with E-state index < -0.39 is 6.10 Å². The van der Waals surface area contributed by atoms with Crippen LogP contribution in [0.5, 0.6) is 5.75 Å². The van der Waals surface area contributed by atoms with Gasteiger partial charge in [-0.1, -0.05) is 6.07 Å². The Bertz CT molecular complexity index is 422. The van der Waals surface area contributed by atoms with Crippen molar-refractivity contribution in [1.29, 1.82) is 0 Å². The van der Waals surface area contributed by atoms with Gasteiger partial charge < -0.3 is 25.2 Å². The molecule has 1 atom stereocenters. The van der Waals surface area contributed by atoms with Crippen molar-refractivity contribution in [2.75, 3.05) is 45.7 Å². The van der Waals surface area contributed by atoms with Crippen LogP contribution in [0, 0.1) is 5.92 Å². The number of likely N-dealkylation sites (N-methyl/N-ethyl adjacent to an activating group) is 1. The van der Waals surface area contributed by atoms with Gasteiger partial charge in [-0.05, 0) is 37.9 Å². The first-order valence-electron chi connectivity index (χ1n) is 7.56. The zero-order valence-corrected chi connectivity index (χ0v) is 12.7. The fourth-order valence-corrected chi connectivity index (χ4v) is 2.65. The molecule has 1 heterocycles. The number of nitrogen functional groups attached to an aromatic ring is 1. The second-order valence-electron chi connectivity index (χ2n) is 5.81. The Balaban J connectivity index is 1.67. The largest absolute Gasteiger partial charge is 0.491 e. The summed E-state index contributed by atoms with van der Waals surface area (Å²) in [5.74, 6) is 1.37. The molecule has 5 heteroatoms. The van der Waals surface area contributed by atoms with Gasteiger partial charge in [0, 0.05) is 38.1 Å². The average Bonchev–Trinajstić information content (AvgIpc) is 2.46. The van der Waals surface area contributed by atoms with Crippen molar-refractivity contribution in [3.63, 3.8) is 0 Å². The summed E-state index contributed by atoms with van der Waals surface area (Å²) in [6, 6.07) is 7.26. The van der Waals surface area contributed by atoms with Gasteiger partial charge in [-0.3, -0.25) is 0 Å². The van der Waals surface area contributed by atoms with Gasteiger partial charge in [0.2, 0.25) is 0 Å². The third-order valence-corrected chi connectivity index (χ3v) is 3.73. The number of nitrogens with zero attached hydrogens (tertiary/aromatic N) is 1. The minimum absolute atomic E-state index is 0.279. The number of hydrogen-bond donors (Lipinski definition) is 2. The van der Waals surface area contributed by atoms with Crippen molar-refractivity contribution < 1.29 is 14.6 Å². The molecule has 1 fully saturated rings. The van der Waals surface area contributed by atoms with Gasteiger partial charge in [-0.15, -0.1) is 0 Å². The second kappa shape index (κ2) is 8.22. The van der Waals surface area contributed by atoms with Crippen LogP contribution in [0.1, 0.15) is 12.8 Å². The van der Waals surface area contributed by atoms with Crippen molar-refractivity contribution in [2.45, 2.75) is 18.9 Å². The van der Waals surface area contributed by atoms with E-state index in [9.17, 15) is 5.11 Å². The van der Waals surface area contributed by atoms with Crippen LogP contribution < -0.4 is 10.5 Å². The van der Waals surface area contributed by atoms with E-state index in [1.165, 1.54) is 0 Å². The highest BCUT2D eigenvalue weighted by molar-refractivity contribution is 5.43. The predicted molar refractivity (Wildman–Crippen MR) is 83.4 cm³/mol. The summed E-state index contributed by atoms with van der Waals surface area (Å²) in [4.78, 5) is 2.17. The Labute approximate surface area is 126 Å². The summed E-state index contributed by atoms with van der Waals surface area (Å²) in [5.41, 5.74) is 6.35. The maximum Gasteiger partial charge on any atom is 0.121 e. The first-order chi connectivity index (χ1) is 10.1. The first-order valence-corrected chi connectivity index (χ1v) is 7.56. The average molecular weight is 294 g/mol. The van der Waals surface area contributed by atoms with E-state index in [1.807, 2.05) is 25.2 Å². The summed E-state index contributed by atoms with van der Waals surface area (Å²) >= 11 is 0. The van der Waals surface area contributed by atoms with Crippen LogP contribution in [0.3, 0.4) is 0 Å². The van der Waals surface area contributed by atoms with Crippen molar-refractivity contribution >= 4 is 5.69 Å². The van der Waals surface area contributed by atoms with Gasteiger partial charge in [0.15, 0.2) is 0 Å². The van der Waals surface area contributed by atoms with Crippen LogP contribution >= 0.6 is 0 Å². The molecular weight excluding hydrogens is 268 g/mol. The highest BCUT2D eigenvalue weighted by atomic mass is 16.5. The normalized spacial score (nSPS) is 17.9. The molecule has 1 aliphatic rings. The maximum atomic E-state index is 10.1. The molecule has 5 nitrogen and oxygen atoms in total. The zero-order chi connectivity index (χ0) is 15.1. The first kappa shape index (κ1) is 16.1. The summed E-state index contributed by atoms with van der Waals surface area (Å²) in [7, 11) is 2.04. The molecule has 0 radical (unpaired) electrons. The molecule has 1 aromatic rings. The molecule has 0 amide bonds. The van der Waals surface area contributed by atoms with E-state index in [1.54, 1.807) is 6.07 Å². The Hall–Kier alpha value is -1.30. The molecule has 0 spiro atoms. The predicted octanol–water partition coefficient (Wildman–Crippen LogP) is 1.37. The minimum atomic E-state index is -0.503. The number of hydrogen-bond acceptors (Lipinski definition) is 5. The van der Waals surface area contributed by atoms with Crippen molar-refractivity contribution in [1.82, 2.24) is 4.90 Å². The Morgan fingerprint density at radius 3 is 2.90 bits per heavy atom. The summed E-state index contributed by atoms with van der Waals surface area (Å²) < 4.78 is 10.9. The van der Waals surface area contributed by atoms with Gasteiger partial charge >= 0.3 is 0 Å². The molecule has 0 aromatic heterocycles. The lowest BCUT2D eigenvalue weighted by molar-refractivity contribution is 0.0399. The lowest BCUT2D eigenvalue weighted by Gasteiger charge is -2.28. The summed E-state index contributed by atoms with van der Waals surface area (Å²) in [6.45, 7) is 3.61. The minimum Gasteiger partial charge on any atom is -0.491 e. The number of ether oxygens (including phenoxy) is 2. The van der Waals surface area contributed by atoms with Crippen LogP contribution in [-0.4, -0.2) is 56.1 Å². The highest BCUT2D eigenvalue weighted by Gasteiger charge is 2.17. The lowest BCUT2D eigenvalue weighted by atomic mass is 10.00. The Morgan fingerprint density at radius 1 is 1.43 bits per heavy atom. The number of aliphatic hydroxyl groups excluding tert-OH is 1. The lowest BCUT2D eigenvalue weighted by Crippen LogP contribution is -2.37. The van der Waals surface area contributed by atoms with Gasteiger partial charge in [0.05, 0.1) is 0 Å². The van der Waals surface area contributed by atoms with Gasteiger partial charge in [0.25, 0.3) is 0 Å². The third kappa shape index (κ3) is 5.91. The number of nitrogens with two attached hydrogens (primary N) is 1. The van der Waals surface area contributed by atoms with E-state index in [2.05, 4.69) is 4.90 Å². The van der Waals surface area contributed by atoms with Crippen LogP contribution in [0.4, 0.5) is 5.69 Å². The van der Waals surface area contributed by atoms with Gasteiger partial charge in [-0.25, -0.2) is 0 Å². The van der Waals surface area contributed by atoms with E-state index in [0.717, 1.165) is 32.6 Å². The number of anilines is 1. The van der Waals surface area contributed by atoms with Gasteiger partial charge in [-0.2, -0.15) is 0 Å². The molecule has 1 unspecified atom stereocenters. The fraction of sp³-hybridized carbons (Fsp3) is 0.625. The number of benzene rings is 1. The molecule has 0 bridgehead atoms. The molecule has 0 saturated carbocycles. The summed E-state index contributed by atoms with van der Waals surface area (Å²) in [5, 5.41) is 10.1. The molecule has 118 valence electrons. The topological polar surface area (TPSA) is 68.0 Å². The molecular formula is C16H26N2O3. The summed E-state index contributed by atoms with van der Waals surface area (Å²) in [6.07, 6.45) is 1.72. The second-order valence-corrected chi connectivity index (χ2v) is 5.81. The quantitative estimate of drug-likeness (QED) is 0.743. The maximum absolute atomic E-state index is 10.1. The van der Waals surface area contributed by atoms with E-state index in [-0.39, 0.29) is 6.61 Å². The molecule has 1 aliphatic heterocycles. The standard InChI is InChI=1S/C16H26N2O3/c1-18(10-13-5-7-20-8-6-13)11-15(19)12-21-16-4-2-3-14(17)9-16/h2-4,9,13,15,19H,5-8,10-12,17H2,1H3. The van der Waals surface area contributed by atoms with Crippen molar-refractivity contribution in [2.24, 2.45) is 5.92 Å².